The van der Waals surface area contributed by atoms with Gasteiger partial charge in [0, 0.05) is 17.8 Å². The fourth-order valence-corrected chi connectivity index (χ4v) is 2.26. The molecule has 0 aromatic rings. The largest absolute Gasteiger partial charge is 0.312 e. The molecule has 1 atom stereocenters. The Morgan fingerprint density at radius 2 is 1.81 bits per heavy atom. The Bertz CT molecular complexity index is 297. The second-order valence-corrected chi connectivity index (χ2v) is 7.34. The molecule has 1 unspecified atom stereocenters. The highest BCUT2D eigenvalue weighted by Crippen LogP contribution is 2.18. The van der Waals surface area contributed by atoms with E-state index in [1.165, 1.54) is 6.26 Å². The second-order valence-electron chi connectivity index (χ2n) is 5.08. The van der Waals surface area contributed by atoms with Crippen LogP contribution < -0.4 is 5.32 Å². The van der Waals surface area contributed by atoms with Crippen LogP contribution in [0.5, 0.6) is 0 Å². The van der Waals surface area contributed by atoms with Gasteiger partial charge in [-0.15, -0.1) is 0 Å². The smallest absolute Gasteiger partial charge is 0.147 e. The lowest BCUT2D eigenvalue weighted by atomic mass is 9.91. The zero-order valence-electron chi connectivity index (χ0n) is 11.4. The summed E-state index contributed by atoms with van der Waals surface area (Å²) in [6, 6.07) is 0.183. The molecule has 0 saturated carbocycles. The number of likely N-dealkylation sites (N-methyl/N-ethyl adjacent to an activating group) is 2. The summed E-state index contributed by atoms with van der Waals surface area (Å²) in [5.41, 5.74) is -0.0549. The number of rotatable bonds is 7. The molecule has 0 amide bonds. The van der Waals surface area contributed by atoms with Gasteiger partial charge in [0.25, 0.3) is 0 Å². The van der Waals surface area contributed by atoms with E-state index in [2.05, 4.69) is 24.1 Å². The van der Waals surface area contributed by atoms with Crippen LogP contribution in [-0.4, -0.2) is 57.5 Å². The van der Waals surface area contributed by atoms with Gasteiger partial charge >= 0.3 is 0 Å². The van der Waals surface area contributed by atoms with E-state index in [4.69, 9.17) is 0 Å². The van der Waals surface area contributed by atoms with Crippen LogP contribution in [0.3, 0.4) is 0 Å². The summed E-state index contributed by atoms with van der Waals surface area (Å²) >= 11 is 0. The van der Waals surface area contributed by atoms with Crippen molar-refractivity contribution in [1.82, 2.24) is 10.2 Å². The van der Waals surface area contributed by atoms with Crippen molar-refractivity contribution in [2.24, 2.45) is 0 Å². The first-order valence-electron chi connectivity index (χ1n) is 5.69. The minimum atomic E-state index is -2.88. The predicted molar refractivity (Wildman–Crippen MR) is 69.6 cm³/mol. The average molecular weight is 250 g/mol. The van der Waals surface area contributed by atoms with Gasteiger partial charge in [0.2, 0.25) is 0 Å². The fourth-order valence-electron chi connectivity index (χ4n) is 1.60. The first-order chi connectivity index (χ1) is 7.11. The molecular weight excluding hydrogens is 224 g/mol. The Morgan fingerprint density at radius 3 is 2.12 bits per heavy atom. The third kappa shape index (κ3) is 5.27. The predicted octanol–water partition coefficient (Wildman–Crippen LogP) is 0.739. The van der Waals surface area contributed by atoms with Crippen LogP contribution in [0.15, 0.2) is 0 Å². The van der Waals surface area contributed by atoms with E-state index in [1.54, 1.807) is 0 Å². The van der Waals surface area contributed by atoms with Gasteiger partial charge in [0.15, 0.2) is 0 Å². The maximum absolute atomic E-state index is 11.2. The van der Waals surface area contributed by atoms with E-state index in [0.717, 1.165) is 6.54 Å². The molecule has 1 N–H and O–H groups in total. The van der Waals surface area contributed by atoms with Crippen LogP contribution in [0, 0.1) is 0 Å². The summed E-state index contributed by atoms with van der Waals surface area (Å²) in [5, 5.41) is 3.37. The molecule has 0 radical (unpaired) electrons. The highest BCUT2D eigenvalue weighted by molar-refractivity contribution is 7.90. The molecule has 0 bridgehead atoms. The van der Waals surface area contributed by atoms with Crippen LogP contribution in [-0.2, 0) is 9.84 Å². The molecule has 0 aromatic carbocycles. The van der Waals surface area contributed by atoms with Gasteiger partial charge in [-0.2, -0.15) is 0 Å². The van der Waals surface area contributed by atoms with E-state index in [1.807, 2.05) is 21.0 Å². The third-order valence-corrected chi connectivity index (χ3v) is 4.21. The van der Waals surface area contributed by atoms with Crippen molar-refractivity contribution >= 4 is 9.84 Å². The van der Waals surface area contributed by atoms with Crippen molar-refractivity contribution in [3.8, 4) is 0 Å². The fraction of sp³-hybridized carbons (Fsp3) is 1.00. The van der Waals surface area contributed by atoms with Gasteiger partial charge in [-0.1, -0.05) is 6.92 Å². The molecular formula is C11H26N2O2S. The average Bonchev–Trinajstić information content (AvgIpc) is 2.10. The summed E-state index contributed by atoms with van der Waals surface area (Å²) in [4.78, 5) is 2.13. The number of nitrogens with one attached hydrogen (secondary N) is 1. The molecule has 0 aliphatic rings. The van der Waals surface area contributed by atoms with Crippen molar-refractivity contribution < 1.29 is 8.42 Å². The van der Waals surface area contributed by atoms with E-state index in [-0.39, 0.29) is 17.3 Å². The topological polar surface area (TPSA) is 49.4 Å². The van der Waals surface area contributed by atoms with E-state index < -0.39 is 9.84 Å². The van der Waals surface area contributed by atoms with Gasteiger partial charge in [-0.05, 0) is 40.9 Å². The zero-order chi connectivity index (χ0) is 13.0. The minimum absolute atomic E-state index is 0.0549. The van der Waals surface area contributed by atoms with Gasteiger partial charge in [-0.3, -0.25) is 0 Å². The van der Waals surface area contributed by atoms with Crippen molar-refractivity contribution in [1.29, 1.82) is 0 Å². The SMILES string of the molecule is CCNC(CCS(C)(=O)=O)C(C)(C)N(C)C. The van der Waals surface area contributed by atoms with E-state index >= 15 is 0 Å². The highest BCUT2D eigenvalue weighted by atomic mass is 32.2. The molecule has 0 aliphatic heterocycles. The van der Waals surface area contributed by atoms with Crippen LogP contribution in [0.4, 0.5) is 0 Å². The highest BCUT2D eigenvalue weighted by Gasteiger charge is 2.31. The molecule has 16 heavy (non-hydrogen) atoms. The number of sulfone groups is 1. The molecule has 0 fully saturated rings. The summed E-state index contributed by atoms with van der Waals surface area (Å²) < 4.78 is 22.4. The molecule has 0 aromatic heterocycles. The van der Waals surface area contributed by atoms with Crippen LogP contribution in [0.25, 0.3) is 0 Å². The molecule has 0 rings (SSSR count). The first-order valence-corrected chi connectivity index (χ1v) is 7.76. The Kier molecular flexibility index (Phi) is 5.93. The Morgan fingerprint density at radius 1 is 1.31 bits per heavy atom. The number of hydrogen-bond acceptors (Lipinski definition) is 4. The maximum Gasteiger partial charge on any atom is 0.147 e. The molecule has 98 valence electrons. The molecule has 0 aliphatic carbocycles. The minimum Gasteiger partial charge on any atom is -0.312 e. The summed E-state index contributed by atoms with van der Waals surface area (Å²) in [6.45, 7) is 7.15. The van der Waals surface area contributed by atoms with E-state index in [9.17, 15) is 8.42 Å². The summed E-state index contributed by atoms with van der Waals surface area (Å²) in [7, 11) is 1.16. The lowest BCUT2D eigenvalue weighted by Crippen LogP contribution is -2.55. The van der Waals surface area contributed by atoms with Crippen molar-refractivity contribution in [3.05, 3.63) is 0 Å². The van der Waals surface area contributed by atoms with E-state index in [0.29, 0.717) is 6.42 Å². The standard InChI is InChI=1S/C11H26N2O2S/c1-7-12-10(8-9-16(6,14)15)11(2,3)13(4)5/h10,12H,7-9H2,1-6H3. The monoisotopic (exact) mass is 250 g/mol. The Balaban J connectivity index is 4.61. The van der Waals surface area contributed by atoms with Gasteiger partial charge in [0.1, 0.15) is 9.84 Å². The molecule has 0 saturated heterocycles. The first kappa shape index (κ1) is 15.9. The van der Waals surface area contributed by atoms with Gasteiger partial charge < -0.3 is 10.2 Å². The molecule has 0 spiro atoms. The van der Waals surface area contributed by atoms with Crippen LogP contribution >= 0.6 is 0 Å². The van der Waals surface area contributed by atoms with Crippen molar-refractivity contribution in [2.45, 2.75) is 38.8 Å². The zero-order valence-corrected chi connectivity index (χ0v) is 12.2. The van der Waals surface area contributed by atoms with Crippen molar-refractivity contribution in [2.75, 3.05) is 32.6 Å². The van der Waals surface area contributed by atoms with Crippen LogP contribution in [0.2, 0.25) is 0 Å². The number of nitrogens with zero attached hydrogens (tertiary/aromatic N) is 1. The lowest BCUT2D eigenvalue weighted by Gasteiger charge is -2.40. The van der Waals surface area contributed by atoms with Crippen molar-refractivity contribution in [3.63, 3.8) is 0 Å². The van der Waals surface area contributed by atoms with Crippen LogP contribution in [0.1, 0.15) is 27.2 Å². The lowest BCUT2D eigenvalue weighted by molar-refractivity contribution is 0.136. The maximum atomic E-state index is 11.2. The number of hydrogen-bond donors (Lipinski definition) is 1. The quantitative estimate of drug-likeness (QED) is 0.724. The molecule has 5 heteroatoms. The third-order valence-electron chi connectivity index (χ3n) is 3.23. The summed E-state index contributed by atoms with van der Waals surface area (Å²) in [5.74, 6) is 0.238. The Hall–Kier alpha value is -0.130. The molecule has 4 nitrogen and oxygen atoms in total. The molecule has 0 heterocycles. The second kappa shape index (κ2) is 5.98. The summed E-state index contributed by atoms with van der Waals surface area (Å²) in [6.07, 6.45) is 1.94. The normalized spacial score (nSPS) is 15.4. The van der Waals surface area contributed by atoms with Gasteiger partial charge in [0.05, 0.1) is 5.75 Å². The van der Waals surface area contributed by atoms with Gasteiger partial charge in [-0.25, -0.2) is 8.42 Å². The Labute approximate surface area is 100 Å².